The van der Waals surface area contributed by atoms with Crippen molar-refractivity contribution < 1.29 is 0 Å². The molecule has 3 aromatic rings. The second-order valence-corrected chi connectivity index (χ2v) is 7.03. The summed E-state index contributed by atoms with van der Waals surface area (Å²) in [5.41, 5.74) is 10.2. The van der Waals surface area contributed by atoms with Crippen molar-refractivity contribution in [3.63, 3.8) is 0 Å². The zero-order chi connectivity index (χ0) is 18.1. The third-order valence-electron chi connectivity index (χ3n) is 5.23. The van der Waals surface area contributed by atoms with Crippen molar-refractivity contribution in [1.29, 1.82) is 5.26 Å². The maximum atomic E-state index is 9.05. The summed E-state index contributed by atoms with van der Waals surface area (Å²) in [4.78, 5) is 7.25. The summed E-state index contributed by atoms with van der Waals surface area (Å²) >= 11 is 0. The van der Waals surface area contributed by atoms with E-state index in [4.69, 9.17) is 16.0 Å². The van der Waals surface area contributed by atoms with Crippen LogP contribution in [0.5, 0.6) is 0 Å². The van der Waals surface area contributed by atoms with Gasteiger partial charge in [0.25, 0.3) is 0 Å². The summed E-state index contributed by atoms with van der Waals surface area (Å²) in [5.74, 6) is 0.984. The quantitative estimate of drug-likeness (QED) is 0.747. The third kappa shape index (κ3) is 3.64. The van der Waals surface area contributed by atoms with E-state index in [-0.39, 0.29) is 24.5 Å². The van der Waals surface area contributed by atoms with Gasteiger partial charge in [0, 0.05) is 19.1 Å². The van der Waals surface area contributed by atoms with E-state index in [1.54, 1.807) is 0 Å². The normalized spacial score (nSPS) is 18.0. The molecule has 4 rings (SSSR count). The SMILES string of the molecule is CC(c1ccc(C#N)cc1)n1c(N2CCC[C@H](N)C2)nc2ccccc21.Cl. The number of rotatable bonds is 3. The van der Waals surface area contributed by atoms with Gasteiger partial charge in [-0.1, -0.05) is 24.3 Å². The number of aromatic nitrogens is 2. The maximum absolute atomic E-state index is 9.05. The Hall–Kier alpha value is -2.55. The van der Waals surface area contributed by atoms with Crippen LogP contribution in [0.4, 0.5) is 5.95 Å². The van der Waals surface area contributed by atoms with E-state index in [1.165, 1.54) is 0 Å². The Balaban J connectivity index is 0.00000210. The van der Waals surface area contributed by atoms with Crippen LogP contribution in [0.15, 0.2) is 48.5 Å². The Bertz CT molecular complexity index is 957. The molecule has 1 fully saturated rings. The minimum absolute atomic E-state index is 0. The highest BCUT2D eigenvalue weighted by atomic mass is 35.5. The molecule has 0 saturated carbocycles. The first-order valence-corrected chi connectivity index (χ1v) is 9.15. The first-order valence-electron chi connectivity index (χ1n) is 9.15. The van der Waals surface area contributed by atoms with E-state index in [9.17, 15) is 0 Å². The molecule has 2 heterocycles. The average Bonchev–Trinajstić information content (AvgIpc) is 3.07. The summed E-state index contributed by atoms with van der Waals surface area (Å²) in [6.45, 7) is 4.00. The number of benzene rings is 2. The number of anilines is 1. The Morgan fingerprint density at radius 3 is 2.63 bits per heavy atom. The summed E-state index contributed by atoms with van der Waals surface area (Å²) in [7, 11) is 0. The van der Waals surface area contributed by atoms with Gasteiger partial charge >= 0.3 is 0 Å². The Morgan fingerprint density at radius 2 is 1.93 bits per heavy atom. The van der Waals surface area contributed by atoms with Crippen LogP contribution in [-0.2, 0) is 0 Å². The number of piperidine rings is 1. The summed E-state index contributed by atoms with van der Waals surface area (Å²) in [5, 5.41) is 9.05. The molecule has 2 N–H and O–H groups in total. The monoisotopic (exact) mass is 381 g/mol. The molecule has 1 aliphatic heterocycles. The van der Waals surface area contributed by atoms with E-state index in [1.807, 2.05) is 30.3 Å². The molecular formula is C21H24ClN5. The van der Waals surface area contributed by atoms with Crippen molar-refractivity contribution in [2.75, 3.05) is 18.0 Å². The lowest BCUT2D eigenvalue weighted by molar-refractivity contribution is 0.490. The van der Waals surface area contributed by atoms with Gasteiger partial charge in [-0.25, -0.2) is 4.98 Å². The van der Waals surface area contributed by atoms with Gasteiger partial charge in [-0.05, 0) is 49.6 Å². The van der Waals surface area contributed by atoms with E-state index in [0.717, 1.165) is 48.5 Å². The molecule has 1 aromatic heterocycles. The van der Waals surface area contributed by atoms with Gasteiger partial charge in [0.2, 0.25) is 5.95 Å². The standard InChI is InChI=1S/C21H23N5.ClH/c1-15(17-10-8-16(13-22)9-11-17)26-20-7-3-2-6-19(20)24-21(26)25-12-4-5-18(23)14-25;/h2-3,6-11,15,18H,4-5,12,14,23H2,1H3;1H/t15?,18-;/m0./s1. The summed E-state index contributed by atoms with van der Waals surface area (Å²) in [6.07, 6.45) is 2.16. The maximum Gasteiger partial charge on any atom is 0.207 e. The van der Waals surface area contributed by atoms with Crippen LogP contribution in [0.3, 0.4) is 0 Å². The number of imidazole rings is 1. The number of para-hydroxylation sites is 2. The average molecular weight is 382 g/mol. The Morgan fingerprint density at radius 1 is 1.19 bits per heavy atom. The highest BCUT2D eigenvalue weighted by Crippen LogP contribution is 2.31. The number of hydrogen-bond donors (Lipinski definition) is 1. The van der Waals surface area contributed by atoms with Gasteiger partial charge in [-0.2, -0.15) is 5.26 Å². The van der Waals surface area contributed by atoms with Gasteiger partial charge in [-0.3, -0.25) is 0 Å². The zero-order valence-electron chi connectivity index (χ0n) is 15.4. The smallest absolute Gasteiger partial charge is 0.207 e. The van der Waals surface area contributed by atoms with Crippen LogP contribution < -0.4 is 10.6 Å². The lowest BCUT2D eigenvalue weighted by Crippen LogP contribution is -2.44. The number of nitriles is 1. The Labute approximate surface area is 165 Å². The molecule has 0 spiro atoms. The molecule has 6 heteroatoms. The van der Waals surface area contributed by atoms with E-state index in [0.29, 0.717) is 5.56 Å². The molecule has 2 aromatic carbocycles. The lowest BCUT2D eigenvalue weighted by Gasteiger charge is -2.33. The van der Waals surface area contributed by atoms with Crippen molar-refractivity contribution >= 4 is 29.4 Å². The largest absolute Gasteiger partial charge is 0.341 e. The number of nitrogens with zero attached hydrogens (tertiary/aromatic N) is 4. The predicted molar refractivity (Wildman–Crippen MR) is 111 cm³/mol. The van der Waals surface area contributed by atoms with Crippen LogP contribution in [-0.4, -0.2) is 28.7 Å². The molecule has 27 heavy (non-hydrogen) atoms. The number of nitrogens with two attached hydrogens (primary N) is 1. The molecule has 0 bridgehead atoms. The van der Waals surface area contributed by atoms with Gasteiger partial charge in [0.1, 0.15) is 0 Å². The van der Waals surface area contributed by atoms with Crippen LogP contribution >= 0.6 is 12.4 Å². The fraction of sp³-hybridized carbons (Fsp3) is 0.333. The highest BCUT2D eigenvalue weighted by molar-refractivity contribution is 5.85. The third-order valence-corrected chi connectivity index (χ3v) is 5.23. The minimum Gasteiger partial charge on any atom is -0.341 e. The Kier molecular flexibility index (Phi) is 5.69. The summed E-state index contributed by atoms with van der Waals surface area (Å²) in [6, 6.07) is 18.6. The van der Waals surface area contributed by atoms with Crippen molar-refractivity contribution in [3.8, 4) is 6.07 Å². The second kappa shape index (κ2) is 7.99. The van der Waals surface area contributed by atoms with E-state index in [2.05, 4.69) is 40.7 Å². The lowest BCUT2D eigenvalue weighted by atomic mass is 10.1. The van der Waals surface area contributed by atoms with Crippen LogP contribution in [0.2, 0.25) is 0 Å². The van der Waals surface area contributed by atoms with Crippen molar-refractivity contribution in [1.82, 2.24) is 9.55 Å². The fourth-order valence-corrected chi connectivity index (χ4v) is 3.81. The molecule has 2 atom stereocenters. The molecule has 1 unspecified atom stereocenters. The molecule has 5 nitrogen and oxygen atoms in total. The molecule has 0 aliphatic carbocycles. The molecule has 0 radical (unpaired) electrons. The van der Waals surface area contributed by atoms with Gasteiger partial charge < -0.3 is 15.2 Å². The second-order valence-electron chi connectivity index (χ2n) is 7.03. The van der Waals surface area contributed by atoms with Crippen LogP contribution in [0.25, 0.3) is 11.0 Å². The van der Waals surface area contributed by atoms with E-state index >= 15 is 0 Å². The first kappa shape index (κ1) is 19.2. The molecule has 1 saturated heterocycles. The number of fused-ring (bicyclic) bond motifs is 1. The minimum atomic E-state index is 0. The highest BCUT2D eigenvalue weighted by Gasteiger charge is 2.25. The van der Waals surface area contributed by atoms with Crippen LogP contribution in [0, 0.1) is 11.3 Å². The predicted octanol–water partition coefficient (Wildman–Crippen LogP) is 3.87. The fourth-order valence-electron chi connectivity index (χ4n) is 3.81. The molecule has 140 valence electrons. The molecule has 1 aliphatic rings. The summed E-state index contributed by atoms with van der Waals surface area (Å²) < 4.78 is 2.30. The van der Waals surface area contributed by atoms with Gasteiger partial charge in [0.05, 0.1) is 28.7 Å². The van der Waals surface area contributed by atoms with Crippen molar-refractivity contribution in [2.24, 2.45) is 5.73 Å². The van der Waals surface area contributed by atoms with Gasteiger partial charge in [0.15, 0.2) is 0 Å². The van der Waals surface area contributed by atoms with Crippen molar-refractivity contribution in [2.45, 2.75) is 31.8 Å². The molecular weight excluding hydrogens is 358 g/mol. The van der Waals surface area contributed by atoms with Crippen molar-refractivity contribution in [3.05, 3.63) is 59.7 Å². The van der Waals surface area contributed by atoms with E-state index < -0.39 is 0 Å². The van der Waals surface area contributed by atoms with Crippen LogP contribution in [0.1, 0.15) is 36.9 Å². The molecule has 0 amide bonds. The number of hydrogen-bond acceptors (Lipinski definition) is 4. The first-order chi connectivity index (χ1) is 12.7. The zero-order valence-corrected chi connectivity index (χ0v) is 16.2. The van der Waals surface area contributed by atoms with Gasteiger partial charge in [-0.15, -0.1) is 12.4 Å². The number of halogens is 1. The topological polar surface area (TPSA) is 70.9 Å².